The molecule has 2 aromatic heterocycles. The van der Waals surface area contributed by atoms with Crippen molar-refractivity contribution in [3.63, 3.8) is 0 Å². The molecule has 33 heavy (non-hydrogen) atoms. The van der Waals surface area contributed by atoms with Crippen LogP contribution in [-0.4, -0.2) is 40.0 Å². The van der Waals surface area contributed by atoms with Crippen molar-refractivity contribution < 1.29 is 23.5 Å². The van der Waals surface area contributed by atoms with Crippen molar-refractivity contribution in [3.8, 4) is 0 Å². The maximum absolute atomic E-state index is 13.0. The summed E-state index contributed by atoms with van der Waals surface area (Å²) in [6.07, 6.45) is 1.97. The van der Waals surface area contributed by atoms with Crippen molar-refractivity contribution in [1.82, 2.24) is 9.99 Å². The highest BCUT2D eigenvalue weighted by atomic mass is 35.5. The number of aryl methyl sites for hydroxylation is 1. The van der Waals surface area contributed by atoms with Gasteiger partial charge >= 0.3 is 5.97 Å². The highest BCUT2D eigenvalue weighted by Gasteiger charge is 2.35. The standard InChI is InChI=1S/C24H22ClN3O5/c1-13-22(15(3)29)14(2)26-23(13)24(31)33-12-21(30)28-19(20-5-4-10-32-20)11-18(27-28)16-6-8-17(25)9-7-16/h4-10,19,26H,11-12H2,1-3H3. The molecule has 1 aliphatic rings. The summed E-state index contributed by atoms with van der Waals surface area (Å²) in [6, 6.07) is 10.2. The van der Waals surface area contributed by atoms with E-state index in [0.29, 0.717) is 39.7 Å². The number of H-pyrrole nitrogens is 1. The van der Waals surface area contributed by atoms with Crippen LogP contribution in [0, 0.1) is 13.8 Å². The number of ketones is 1. The molecule has 1 aliphatic heterocycles. The lowest BCUT2D eigenvalue weighted by Crippen LogP contribution is -2.31. The quantitative estimate of drug-likeness (QED) is 0.421. The minimum absolute atomic E-state index is 0.153. The van der Waals surface area contributed by atoms with Crippen molar-refractivity contribution in [2.24, 2.45) is 5.10 Å². The predicted molar refractivity (Wildman–Crippen MR) is 121 cm³/mol. The largest absolute Gasteiger partial charge is 0.467 e. The molecule has 170 valence electrons. The first-order chi connectivity index (χ1) is 15.8. The molecule has 9 heteroatoms. The number of aromatic amines is 1. The Balaban J connectivity index is 1.52. The smallest absolute Gasteiger partial charge is 0.355 e. The van der Waals surface area contributed by atoms with E-state index in [4.69, 9.17) is 20.8 Å². The lowest BCUT2D eigenvalue weighted by molar-refractivity contribution is -0.136. The van der Waals surface area contributed by atoms with Crippen LogP contribution in [0.1, 0.15) is 62.8 Å². The van der Waals surface area contributed by atoms with E-state index in [1.807, 2.05) is 12.1 Å². The average molecular weight is 468 g/mol. The Labute approximate surface area is 195 Å². The molecule has 1 amide bonds. The van der Waals surface area contributed by atoms with Crippen molar-refractivity contribution in [3.05, 3.63) is 81.5 Å². The van der Waals surface area contributed by atoms with Gasteiger partial charge in [-0.3, -0.25) is 9.59 Å². The van der Waals surface area contributed by atoms with Gasteiger partial charge in [-0.1, -0.05) is 23.7 Å². The molecule has 0 bridgehead atoms. The Morgan fingerprint density at radius 3 is 2.55 bits per heavy atom. The van der Waals surface area contributed by atoms with Crippen LogP contribution >= 0.6 is 11.6 Å². The SMILES string of the molecule is CC(=O)c1c(C)[nH]c(C(=O)OCC(=O)N2N=C(c3ccc(Cl)cc3)CC2c2ccco2)c1C. The molecule has 0 saturated heterocycles. The highest BCUT2D eigenvalue weighted by molar-refractivity contribution is 6.30. The Kier molecular flexibility index (Phi) is 6.20. The molecule has 0 radical (unpaired) electrons. The molecule has 0 fully saturated rings. The number of carbonyl (C=O) groups is 3. The van der Waals surface area contributed by atoms with Gasteiger partial charge in [0.05, 0.1) is 12.0 Å². The number of halogens is 1. The van der Waals surface area contributed by atoms with E-state index in [1.165, 1.54) is 18.2 Å². The van der Waals surface area contributed by atoms with Gasteiger partial charge < -0.3 is 14.1 Å². The third-order valence-electron chi connectivity index (χ3n) is 5.54. The summed E-state index contributed by atoms with van der Waals surface area (Å²) in [5.74, 6) is -0.795. The number of benzene rings is 1. The zero-order valence-electron chi connectivity index (χ0n) is 18.3. The van der Waals surface area contributed by atoms with Crippen molar-refractivity contribution in [2.75, 3.05) is 6.61 Å². The number of hydrogen-bond acceptors (Lipinski definition) is 6. The molecule has 0 saturated carbocycles. The van der Waals surface area contributed by atoms with Crippen LogP contribution < -0.4 is 0 Å². The van der Waals surface area contributed by atoms with Crippen molar-refractivity contribution in [1.29, 1.82) is 0 Å². The molecule has 3 heterocycles. The minimum Gasteiger partial charge on any atom is -0.467 e. The second kappa shape index (κ2) is 9.07. The van der Waals surface area contributed by atoms with Crippen LogP contribution in [0.3, 0.4) is 0 Å². The zero-order chi connectivity index (χ0) is 23.7. The van der Waals surface area contributed by atoms with Gasteiger partial charge in [0.1, 0.15) is 17.5 Å². The molecule has 1 aromatic carbocycles. The van der Waals surface area contributed by atoms with Crippen LogP contribution in [0.15, 0.2) is 52.2 Å². The fourth-order valence-corrected chi connectivity index (χ4v) is 4.13. The van der Waals surface area contributed by atoms with Gasteiger partial charge in [0.25, 0.3) is 5.91 Å². The first-order valence-electron chi connectivity index (χ1n) is 10.3. The van der Waals surface area contributed by atoms with Crippen LogP contribution in [0.2, 0.25) is 5.02 Å². The van der Waals surface area contributed by atoms with Crippen molar-refractivity contribution >= 4 is 35.0 Å². The minimum atomic E-state index is -0.716. The van der Waals surface area contributed by atoms with Gasteiger partial charge in [-0.05, 0) is 56.2 Å². The number of Topliss-reactive ketones (excluding diaryl/α,β-unsaturated/α-hetero) is 1. The number of rotatable bonds is 6. The predicted octanol–water partition coefficient (Wildman–Crippen LogP) is 4.62. The summed E-state index contributed by atoms with van der Waals surface area (Å²) in [5, 5.41) is 6.37. The summed E-state index contributed by atoms with van der Waals surface area (Å²) in [6.45, 7) is 4.28. The molecule has 0 aliphatic carbocycles. The number of nitrogens with one attached hydrogen (secondary N) is 1. The number of amides is 1. The van der Waals surface area contributed by atoms with Crippen LogP contribution in [0.25, 0.3) is 0 Å². The Morgan fingerprint density at radius 1 is 1.21 bits per heavy atom. The van der Waals surface area contributed by atoms with E-state index in [-0.39, 0.29) is 11.5 Å². The van der Waals surface area contributed by atoms with Crippen LogP contribution in [0.5, 0.6) is 0 Å². The van der Waals surface area contributed by atoms with E-state index in [9.17, 15) is 14.4 Å². The van der Waals surface area contributed by atoms with Gasteiger partial charge in [0.2, 0.25) is 0 Å². The monoisotopic (exact) mass is 467 g/mol. The van der Waals surface area contributed by atoms with E-state index < -0.39 is 24.5 Å². The lowest BCUT2D eigenvalue weighted by atomic mass is 10.0. The van der Waals surface area contributed by atoms with E-state index >= 15 is 0 Å². The molecular weight excluding hydrogens is 446 g/mol. The first-order valence-corrected chi connectivity index (χ1v) is 10.7. The summed E-state index contributed by atoms with van der Waals surface area (Å²) >= 11 is 5.98. The summed E-state index contributed by atoms with van der Waals surface area (Å²) in [7, 11) is 0. The molecule has 1 N–H and O–H groups in total. The number of carbonyl (C=O) groups excluding carboxylic acids is 3. The summed E-state index contributed by atoms with van der Waals surface area (Å²) in [4.78, 5) is 40.3. The molecular formula is C24H22ClN3O5. The van der Waals surface area contributed by atoms with Gasteiger partial charge in [0, 0.05) is 22.7 Å². The number of hydrazone groups is 1. The van der Waals surface area contributed by atoms with Crippen molar-refractivity contribution in [2.45, 2.75) is 33.2 Å². The lowest BCUT2D eigenvalue weighted by Gasteiger charge is -2.19. The third kappa shape index (κ3) is 4.47. The number of ether oxygens (including phenoxy) is 1. The van der Waals surface area contributed by atoms with Gasteiger partial charge in [-0.25, -0.2) is 9.80 Å². The van der Waals surface area contributed by atoms with Gasteiger partial charge in [-0.15, -0.1) is 0 Å². The Hall–Kier alpha value is -3.65. The zero-order valence-corrected chi connectivity index (χ0v) is 19.1. The summed E-state index contributed by atoms with van der Waals surface area (Å²) < 4.78 is 10.8. The molecule has 1 atom stereocenters. The number of nitrogens with zero attached hydrogens (tertiary/aromatic N) is 2. The van der Waals surface area contributed by atoms with Gasteiger partial charge in [-0.2, -0.15) is 5.10 Å². The molecule has 1 unspecified atom stereocenters. The average Bonchev–Trinajstić information content (AvgIpc) is 3.51. The second-order valence-electron chi connectivity index (χ2n) is 7.78. The maximum Gasteiger partial charge on any atom is 0.355 e. The third-order valence-corrected chi connectivity index (χ3v) is 5.79. The Bertz CT molecular complexity index is 1240. The second-order valence-corrected chi connectivity index (χ2v) is 8.22. The molecule has 3 aromatic rings. The van der Waals surface area contributed by atoms with E-state index in [0.717, 1.165) is 5.56 Å². The van der Waals surface area contributed by atoms with Crippen LogP contribution in [0.4, 0.5) is 0 Å². The normalized spacial score (nSPS) is 15.5. The fourth-order valence-electron chi connectivity index (χ4n) is 4.01. The van der Waals surface area contributed by atoms with Crippen LogP contribution in [-0.2, 0) is 9.53 Å². The number of aromatic nitrogens is 1. The first kappa shape index (κ1) is 22.5. The highest BCUT2D eigenvalue weighted by Crippen LogP contribution is 2.33. The number of esters is 1. The van der Waals surface area contributed by atoms with E-state index in [1.54, 1.807) is 38.1 Å². The van der Waals surface area contributed by atoms with Gasteiger partial charge in [0.15, 0.2) is 12.4 Å². The number of hydrogen-bond donors (Lipinski definition) is 1. The van der Waals surface area contributed by atoms with E-state index in [2.05, 4.69) is 10.1 Å². The maximum atomic E-state index is 13.0. The fraction of sp³-hybridized carbons (Fsp3) is 0.250. The summed E-state index contributed by atoms with van der Waals surface area (Å²) in [5.41, 5.74) is 3.19. The Morgan fingerprint density at radius 2 is 1.94 bits per heavy atom. The molecule has 0 spiro atoms. The molecule has 8 nitrogen and oxygen atoms in total. The molecule has 4 rings (SSSR count). The topological polar surface area (TPSA) is 105 Å². The number of furan rings is 1.